The van der Waals surface area contributed by atoms with Gasteiger partial charge in [0.1, 0.15) is 18.2 Å². The summed E-state index contributed by atoms with van der Waals surface area (Å²) in [6.45, 7) is 6.63. The van der Waals surface area contributed by atoms with E-state index in [2.05, 4.69) is 0 Å². The van der Waals surface area contributed by atoms with E-state index >= 15 is 0 Å². The van der Waals surface area contributed by atoms with E-state index in [4.69, 9.17) is 9.47 Å². The van der Waals surface area contributed by atoms with E-state index in [0.717, 1.165) is 27.2 Å². The Morgan fingerprint density at radius 1 is 1.02 bits per heavy atom. The molecule has 2 aromatic carbocycles. The summed E-state index contributed by atoms with van der Waals surface area (Å²) in [5.41, 5.74) is 3.75. The van der Waals surface area contributed by atoms with Crippen LogP contribution in [0.25, 0.3) is 11.1 Å². The molecule has 41 heavy (non-hydrogen) atoms. The minimum atomic E-state index is -1.28. The molecule has 0 unspecified atom stereocenters. The predicted octanol–water partition coefficient (Wildman–Crippen LogP) is 3.59. The Labute approximate surface area is 240 Å². The molecular weight excluding hydrogens is 526 g/mol. The summed E-state index contributed by atoms with van der Waals surface area (Å²) in [6.07, 6.45) is 1.01. The highest BCUT2D eigenvalue weighted by molar-refractivity contribution is 5.81. The van der Waals surface area contributed by atoms with Crippen LogP contribution in [0, 0.1) is 0 Å². The number of hydrogen-bond donors (Lipinski definition) is 1. The summed E-state index contributed by atoms with van der Waals surface area (Å²) < 4.78 is 11.0. The molecule has 1 aliphatic heterocycles. The minimum Gasteiger partial charge on any atom is -0.480 e. The van der Waals surface area contributed by atoms with Crippen molar-refractivity contribution in [1.29, 1.82) is 0 Å². The highest BCUT2D eigenvalue weighted by Gasteiger charge is 2.35. The lowest BCUT2D eigenvalue weighted by Gasteiger charge is -2.38. The average Bonchev–Trinajstić information content (AvgIpc) is 3.25. The molecule has 1 heterocycles. The standard InChI is InChI=1S/C31H39N3O7/c1-31(2,3)41-28(36)18-33-15-13-21(14-16-33)34(20-35)17-27(29(37)38)32(4)30(39)40-19-26-24-11-7-5-9-22(24)23-10-6-8-12-25(23)26/h5-12,20-21,26-27H,13-19H2,1-4H3,(H,37,38)/t27-/m0/s1. The zero-order valence-corrected chi connectivity index (χ0v) is 24.1. The number of esters is 1. The lowest BCUT2D eigenvalue weighted by atomic mass is 9.98. The number of ether oxygens (including phenoxy) is 2. The molecule has 2 aromatic rings. The number of carbonyl (C=O) groups excluding carboxylic acids is 3. The van der Waals surface area contributed by atoms with Crippen LogP contribution < -0.4 is 0 Å². The van der Waals surface area contributed by atoms with Crippen LogP contribution in [0.15, 0.2) is 48.5 Å². The molecular formula is C31H39N3O7. The van der Waals surface area contributed by atoms with Crippen molar-refractivity contribution < 1.29 is 33.8 Å². The van der Waals surface area contributed by atoms with Crippen LogP contribution in [0.5, 0.6) is 0 Å². The fourth-order valence-corrected chi connectivity index (χ4v) is 5.63. The normalized spacial score (nSPS) is 16.3. The van der Waals surface area contributed by atoms with Crippen LogP contribution in [-0.4, -0.2) is 102 Å². The molecule has 0 bridgehead atoms. The number of benzene rings is 2. The first kappa shape index (κ1) is 30.0. The van der Waals surface area contributed by atoms with E-state index < -0.39 is 23.7 Å². The van der Waals surface area contributed by atoms with Crippen LogP contribution >= 0.6 is 0 Å². The number of piperidine rings is 1. The van der Waals surface area contributed by atoms with Gasteiger partial charge in [0.2, 0.25) is 6.41 Å². The zero-order valence-electron chi connectivity index (χ0n) is 24.1. The molecule has 2 amide bonds. The van der Waals surface area contributed by atoms with Crippen molar-refractivity contribution in [3.05, 3.63) is 59.7 Å². The molecule has 4 rings (SSSR count). The summed E-state index contributed by atoms with van der Waals surface area (Å²) in [5, 5.41) is 9.96. The number of aliphatic carboxylic acids is 1. The highest BCUT2D eigenvalue weighted by Crippen LogP contribution is 2.44. The number of likely N-dealkylation sites (N-methyl/N-ethyl adjacent to an activating group) is 1. The number of amides is 2. The molecule has 10 nitrogen and oxygen atoms in total. The van der Waals surface area contributed by atoms with Crippen LogP contribution in [0.4, 0.5) is 4.79 Å². The Kier molecular flexibility index (Phi) is 9.32. The van der Waals surface area contributed by atoms with Gasteiger partial charge in [0.15, 0.2) is 0 Å². The van der Waals surface area contributed by atoms with Crippen molar-refractivity contribution in [2.75, 3.05) is 39.8 Å². The van der Waals surface area contributed by atoms with Gasteiger partial charge in [-0.1, -0.05) is 48.5 Å². The van der Waals surface area contributed by atoms with Gasteiger partial charge in [0.25, 0.3) is 0 Å². The second-order valence-electron chi connectivity index (χ2n) is 11.7. The summed E-state index contributed by atoms with van der Waals surface area (Å²) in [4.78, 5) is 53.9. The number of likely N-dealkylation sites (tertiary alicyclic amines) is 1. The number of rotatable bonds is 10. The number of carboxylic acid groups (broad SMARTS) is 1. The number of nitrogens with zero attached hydrogens (tertiary/aromatic N) is 3. The van der Waals surface area contributed by atoms with Crippen molar-refractivity contribution in [2.24, 2.45) is 0 Å². The van der Waals surface area contributed by atoms with Gasteiger partial charge in [0.05, 0.1) is 13.1 Å². The van der Waals surface area contributed by atoms with Gasteiger partial charge >= 0.3 is 18.0 Å². The number of hydrogen-bond acceptors (Lipinski definition) is 7. The first-order valence-corrected chi connectivity index (χ1v) is 13.9. The van der Waals surface area contributed by atoms with E-state index in [1.54, 1.807) is 0 Å². The second kappa shape index (κ2) is 12.7. The van der Waals surface area contributed by atoms with Crippen LogP contribution in [0.2, 0.25) is 0 Å². The van der Waals surface area contributed by atoms with Gasteiger partial charge in [0, 0.05) is 32.1 Å². The smallest absolute Gasteiger partial charge is 0.410 e. The van der Waals surface area contributed by atoms with Crippen molar-refractivity contribution in [1.82, 2.24) is 14.7 Å². The van der Waals surface area contributed by atoms with E-state index in [-0.39, 0.29) is 37.6 Å². The maximum absolute atomic E-state index is 13.0. The number of carbonyl (C=O) groups is 4. The minimum absolute atomic E-state index is 0.0665. The summed E-state index contributed by atoms with van der Waals surface area (Å²) in [5.74, 6) is -1.69. The third-order valence-electron chi connectivity index (χ3n) is 7.69. The van der Waals surface area contributed by atoms with Crippen LogP contribution in [-0.2, 0) is 23.9 Å². The Morgan fingerprint density at radius 3 is 2.10 bits per heavy atom. The molecule has 1 aliphatic carbocycles. The first-order chi connectivity index (χ1) is 19.5. The van der Waals surface area contributed by atoms with Crippen molar-refractivity contribution in [3.63, 3.8) is 0 Å². The van der Waals surface area contributed by atoms with Gasteiger partial charge in [-0.2, -0.15) is 0 Å². The molecule has 2 aliphatic rings. The second-order valence-corrected chi connectivity index (χ2v) is 11.7. The SMILES string of the molecule is CN(C(=O)OCC1c2ccccc2-c2ccccc21)[C@@H](CN(C=O)C1CCN(CC(=O)OC(C)(C)C)CC1)C(=O)O. The van der Waals surface area contributed by atoms with Gasteiger partial charge in [-0.05, 0) is 55.9 Å². The molecule has 0 aromatic heterocycles. The molecule has 10 heteroatoms. The molecule has 1 atom stereocenters. The topological polar surface area (TPSA) is 117 Å². The van der Waals surface area contributed by atoms with E-state index in [1.807, 2.05) is 74.2 Å². The lowest BCUT2D eigenvalue weighted by molar-refractivity contribution is -0.156. The average molecular weight is 566 g/mol. The van der Waals surface area contributed by atoms with Crippen LogP contribution in [0.3, 0.4) is 0 Å². The highest BCUT2D eigenvalue weighted by atomic mass is 16.6. The van der Waals surface area contributed by atoms with E-state index in [9.17, 15) is 24.3 Å². The lowest BCUT2D eigenvalue weighted by Crippen LogP contribution is -2.53. The molecule has 0 radical (unpaired) electrons. The van der Waals surface area contributed by atoms with Gasteiger partial charge in [-0.3, -0.25) is 19.4 Å². The zero-order chi connectivity index (χ0) is 29.7. The summed E-state index contributed by atoms with van der Waals surface area (Å²) in [7, 11) is 1.38. The maximum Gasteiger partial charge on any atom is 0.410 e. The summed E-state index contributed by atoms with van der Waals surface area (Å²) in [6, 6.07) is 14.5. The third-order valence-corrected chi connectivity index (χ3v) is 7.69. The Bertz CT molecular complexity index is 1220. The fraction of sp³-hybridized carbons (Fsp3) is 0.484. The maximum atomic E-state index is 13.0. The van der Waals surface area contributed by atoms with Gasteiger partial charge in [-0.25, -0.2) is 9.59 Å². The van der Waals surface area contributed by atoms with E-state index in [1.165, 1.54) is 11.9 Å². The summed E-state index contributed by atoms with van der Waals surface area (Å²) >= 11 is 0. The Morgan fingerprint density at radius 2 is 1.59 bits per heavy atom. The van der Waals surface area contributed by atoms with Crippen molar-refractivity contribution >= 4 is 24.4 Å². The number of fused-ring (bicyclic) bond motifs is 3. The Hall–Kier alpha value is -3.92. The molecule has 1 fully saturated rings. The van der Waals surface area contributed by atoms with Gasteiger partial charge < -0.3 is 19.5 Å². The quantitative estimate of drug-likeness (QED) is 0.343. The number of carboxylic acids is 1. The molecule has 0 spiro atoms. The van der Waals surface area contributed by atoms with Gasteiger partial charge in [-0.15, -0.1) is 0 Å². The Balaban J connectivity index is 1.34. The molecule has 1 N–H and O–H groups in total. The molecule has 220 valence electrons. The third kappa shape index (κ3) is 7.24. The first-order valence-electron chi connectivity index (χ1n) is 13.9. The molecule has 1 saturated heterocycles. The largest absolute Gasteiger partial charge is 0.480 e. The molecule has 0 saturated carbocycles. The van der Waals surface area contributed by atoms with Crippen molar-refractivity contribution in [3.8, 4) is 11.1 Å². The predicted molar refractivity (Wildman–Crippen MR) is 152 cm³/mol. The van der Waals surface area contributed by atoms with E-state index in [0.29, 0.717) is 32.3 Å². The van der Waals surface area contributed by atoms with Crippen LogP contribution in [0.1, 0.15) is 50.7 Å². The fourth-order valence-electron chi connectivity index (χ4n) is 5.63. The monoisotopic (exact) mass is 565 g/mol. The van der Waals surface area contributed by atoms with Crippen molar-refractivity contribution in [2.45, 2.75) is 57.2 Å².